The first kappa shape index (κ1) is 15.7. The molecule has 1 saturated heterocycles. The predicted molar refractivity (Wildman–Crippen MR) is 79.8 cm³/mol. The van der Waals surface area contributed by atoms with Crippen LogP contribution in [0, 0.1) is 5.92 Å². The standard InChI is InChI=1S/C16H22N2O3/c19-10-8-13-5-4-9-18(11-13)12-15(20)17-16(21)14-6-2-1-3-7-14/h1-3,6-7,13,19H,4-5,8-12H2,(H,17,20,21). The fourth-order valence-corrected chi connectivity index (χ4v) is 2.74. The summed E-state index contributed by atoms with van der Waals surface area (Å²) in [7, 11) is 0. The number of hydrogen-bond acceptors (Lipinski definition) is 4. The maximum atomic E-state index is 11.9. The Bertz CT molecular complexity index is 474. The van der Waals surface area contributed by atoms with Crippen LogP contribution < -0.4 is 5.32 Å². The van der Waals surface area contributed by atoms with E-state index in [1.165, 1.54) is 0 Å². The van der Waals surface area contributed by atoms with Crippen LogP contribution in [0.25, 0.3) is 0 Å². The molecule has 2 N–H and O–H groups in total. The van der Waals surface area contributed by atoms with E-state index < -0.39 is 0 Å². The molecule has 2 rings (SSSR count). The van der Waals surface area contributed by atoms with E-state index in [1.54, 1.807) is 24.3 Å². The van der Waals surface area contributed by atoms with E-state index in [2.05, 4.69) is 10.2 Å². The molecule has 0 aromatic heterocycles. The van der Waals surface area contributed by atoms with Crippen molar-refractivity contribution >= 4 is 11.8 Å². The first-order valence-electron chi connectivity index (χ1n) is 7.41. The number of piperidine rings is 1. The fourth-order valence-electron chi connectivity index (χ4n) is 2.74. The van der Waals surface area contributed by atoms with Crippen LogP contribution >= 0.6 is 0 Å². The zero-order valence-corrected chi connectivity index (χ0v) is 12.1. The van der Waals surface area contributed by atoms with E-state index in [0.717, 1.165) is 32.4 Å². The SMILES string of the molecule is O=C(CN1CCCC(CCO)C1)NC(=O)c1ccccc1. The average Bonchev–Trinajstić information content (AvgIpc) is 2.48. The lowest BCUT2D eigenvalue weighted by Gasteiger charge is -2.31. The van der Waals surface area contributed by atoms with Crippen molar-refractivity contribution in [2.45, 2.75) is 19.3 Å². The van der Waals surface area contributed by atoms with Crippen LogP contribution in [-0.2, 0) is 4.79 Å². The summed E-state index contributed by atoms with van der Waals surface area (Å²) in [5, 5.41) is 11.4. The smallest absolute Gasteiger partial charge is 0.257 e. The lowest BCUT2D eigenvalue weighted by Crippen LogP contribution is -2.44. The number of likely N-dealkylation sites (tertiary alicyclic amines) is 1. The van der Waals surface area contributed by atoms with Crippen LogP contribution in [0.15, 0.2) is 30.3 Å². The van der Waals surface area contributed by atoms with Gasteiger partial charge in [-0.05, 0) is 43.9 Å². The number of carbonyl (C=O) groups excluding carboxylic acids is 2. The lowest BCUT2D eigenvalue weighted by molar-refractivity contribution is -0.121. The molecule has 5 nitrogen and oxygen atoms in total. The Labute approximate surface area is 125 Å². The third-order valence-corrected chi connectivity index (χ3v) is 3.80. The number of amides is 2. The monoisotopic (exact) mass is 290 g/mol. The molecule has 1 aromatic carbocycles. The molecule has 0 radical (unpaired) electrons. The Balaban J connectivity index is 1.80. The van der Waals surface area contributed by atoms with Crippen LogP contribution in [0.4, 0.5) is 0 Å². The Kier molecular flexibility index (Phi) is 5.90. The van der Waals surface area contributed by atoms with Gasteiger partial charge in [0.15, 0.2) is 0 Å². The fraction of sp³-hybridized carbons (Fsp3) is 0.500. The molecule has 1 aliphatic heterocycles. The van der Waals surface area contributed by atoms with Gasteiger partial charge in [-0.3, -0.25) is 19.8 Å². The Morgan fingerprint density at radius 1 is 1.29 bits per heavy atom. The van der Waals surface area contributed by atoms with Crippen LogP contribution in [0.5, 0.6) is 0 Å². The minimum atomic E-state index is -0.357. The number of aliphatic hydroxyl groups is 1. The van der Waals surface area contributed by atoms with Gasteiger partial charge in [-0.1, -0.05) is 18.2 Å². The topological polar surface area (TPSA) is 69.6 Å². The zero-order valence-electron chi connectivity index (χ0n) is 12.1. The summed E-state index contributed by atoms with van der Waals surface area (Å²) in [6.07, 6.45) is 2.91. The summed E-state index contributed by atoms with van der Waals surface area (Å²) in [4.78, 5) is 25.9. The molecule has 21 heavy (non-hydrogen) atoms. The second-order valence-corrected chi connectivity index (χ2v) is 5.50. The highest BCUT2D eigenvalue weighted by atomic mass is 16.3. The second-order valence-electron chi connectivity index (χ2n) is 5.50. The molecule has 0 aliphatic carbocycles. The van der Waals surface area contributed by atoms with E-state index in [-0.39, 0.29) is 25.0 Å². The molecule has 1 aromatic rings. The summed E-state index contributed by atoms with van der Waals surface area (Å²) in [5.74, 6) is -0.181. The van der Waals surface area contributed by atoms with Gasteiger partial charge in [-0.25, -0.2) is 0 Å². The summed E-state index contributed by atoms with van der Waals surface area (Å²) in [6.45, 7) is 2.11. The van der Waals surface area contributed by atoms with Crippen LogP contribution in [0.3, 0.4) is 0 Å². The average molecular weight is 290 g/mol. The van der Waals surface area contributed by atoms with Gasteiger partial charge in [0.2, 0.25) is 5.91 Å². The first-order valence-corrected chi connectivity index (χ1v) is 7.41. The molecule has 1 atom stereocenters. The highest BCUT2D eigenvalue weighted by Gasteiger charge is 2.21. The molecular weight excluding hydrogens is 268 g/mol. The number of aliphatic hydroxyl groups excluding tert-OH is 1. The third kappa shape index (κ3) is 4.95. The van der Waals surface area contributed by atoms with E-state index in [9.17, 15) is 9.59 Å². The maximum Gasteiger partial charge on any atom is 0.257 e. The van der Waals surface area contributed by atoms with Crippen molar-refractivity contribution in [1.29, 1.82) is 0 Å². The van der Waals surface area contributed by atoms with Crippen LogP contribution in [0.1, 0.15) is 29.6 Å². The normalized spacial score (nSPS) is 19.2. The van der Waals surface area contributed by atoms with E-state index in [1.807, 2.05) is 6.07 Å². The van der Waals surface area contributed by atoms with Gasteiger partial charge >= 0.3 is 0 Å². The summed E-state index contributed by atoms with van der Waals surface area (Å²) in [6, 6.07) is 8.72. The number of rotatable bonds is 5. The summed E-state index contributed by atoms with van der Waals surface area (Å²) in [5.41, 5.74) is 0.489. The van der Waals surface area contributed by atoms with E-state index in [4.69, 9.17) is 5.11 Å². The van der Waals surface area contributed by atoms with Gasteiger partial charge in [-0.2, -0.15) is 0 Å². The number of nitrogens with zero attached hydrogens (tertiary/aromatic N) is 1. The quantitative estimate of drug-likeness (QED) is 0.850. The number of benzene rings is 1. The molecule has 0 spiro atoms. The highest BCUT2D eigenvalue weighted by Crippen LogP contribution is 2.18. The minimum Gasteiger partial charge on any atom is -0.396 e. The molecular formula is C16H22N2O3. The van der Waals surface area contributed by atoms with Crippen LogP contribution in [0.2, 0.25) is 0 Å². The molecule has 0 bridgehead atoms. The highest BCUT2D eigenvalue weighted by molar-refractivity contribution is 6.05. The largest absolute Gasteiger partial charge is 0.396 e. The van der Waals surface area contributed by atoms with Crippen molar-refractivity contribution in [1.82, 2.24) is 10.2 Å². The Hall–Kier alpha value is -1.72. The molecule has 114 valence electrons. The van der Waals surface area contributed by atoms with Gasteiger partial charge in [0, 0.05) is 18.7 Å². The minimum absolute atomic E-state index is 0.192. The van der Waals surface area contributed by atoms with Crippen molar-refractivity contribution in [3.8, 4) is 0 Å². The zero-order chi connectivity index (χ0) is 15.1. The molecule has 1 aliphatic rings. The van der Waals surface area contributed by atoms with Crippen molar-refractivity contribution in [3.63, 3.8) is 0 Å². The van der Waals surface area contributed by atoms with E-state index >= 15 is 0 Å². The lowest BCUT2D eigenvalue weighted by atomic mass is 9.95. The first-order chi connectivity index (χ1) is 10.2. The summed E-state index contributed by atoms with van der Waals surface area (Å²) < 4.78 is 0. The van der Waals surface area contributed by atoms with Gasteiger partial charge < -0.3 is 5.11 Å². The molecule has 1 unspecified atom stereocenters. The van der Waals surface area contributed by atoms with E-state index in [0.29, 0.717) is 11.5 Å². The molecule has 1 heterocycles. The number of carbonyl (C=O) groups is 2. The van der Waals surface area contributed by atoms with Crippen molar-refractivity contribution in [2.24, 2.45) is 5.92 Å². The second kappa shape index (κ2) is 7.90. The van der Waals surface area contributed by atoms with Crippen molar-refractivity contribution in [2.75, 3.05) is 26.2 Å². The van der Waals surface area contributed by atoms with Gasteiger partial charge in [0.1, 0.15) is 0 Å². The third-order valence-electron chi connectivity index (χ3n) is 3.80. The Morgan fingerprint density at radius 3 is 2.76 bits per heavy atom. The molecule has 5 heteroatoms. The Morgan fingerprint density at radius 2 is 2.05 bits per heavy atom. The van der Waals surface area contributed by atoms with Crippen molar-refractivity contribution in [3.05, 3.63) is 35.9 Å². The number of imide groups is 1. The van der Waals surface area contributed by atoms with Gasteiger partial charge in [0.25, 0.3) is 5.91 Å². The van der Waals surface area contributed by atoms with Crippen LogP contribution in [-0.4, -0.2) is 48.1 Å². The maximum absolute atomic E-state index is 11.9. The summed E-state index contributed by atoms with van der Waals surface area (Å²) >= 11 is 0. The number of nitrogens with one attached hydrogen (secondary N) is 1. The number of hydrogen-bond donors (Lipinski definition) is 2. The molecule has 0 saturated carbocycles. The van der Waals surface area contributed by atoms with Gasteiger partial charge in [-0.15, -0.1) is 0 Å². The predicted octanol–water partition coefficient (Wildman–Crippen LogP) is 1.04. The molecule has 1 fully saturated rings. The van der Waals surface area contributed by atoms with Crippen molar-refractivity contribution < 1.29 is 14.7 Å². The molecule has 2 amide bonds. The van der Waals surface area contributed by atoms with Gasteiger partial charge in [0.05, 0.1) is 6.54 Å².